The number of methoxy groups -OCH3 is 1. The topological polar surface area (TPSA) is 66.6 Å². The average Bonchev–Trinajstić information content (AvgIpc) is 3.19. The van der Waals surface area contributed by atoms with Gasteiger partial charge in [0, 0.05) is 36.6 Å². The summed E-state index contributed by atoms with van der Waals surface area (Å²) < 4.78 is 11.4. The normalized spacial score (nSPS) is 15.7. The van der Waals surface area contributed by atoms with Crippen LogP contribution in [0.1, 0.15) is 37.4 Å². The van der Waals surface area contributed by atoms with Crippen molar-refractivity contribution in [3.05, 3.63) is 53.7 Å². The van der Waals surface area contributed by atoms with Gasteiger partial charge in [0.25, 0.3) is 0 Å². The summed E-state index contributed by atoms with van der Waals surface area (Å²) in [6, 6.07) is 12.2. The lowest BCUT2D eigenvalue weighted by Crippen LogP contribution is -2.42. The fourth-order valence-electron chi connectivity index (χ4n) is 4.28. The van der Waals surface area contributed by atoms with Crippen LogP contribution in [0.25, 0.3) is 10.9 Å². The van der Waals surface area contributed by atoms with E-state index in [1.54, 1.807) is 7.11 Å². The standard InChI is InChI=1S/C24H29N3O3/c1-4-24(28)27-11-10-16-12-22(29-3)23(30-5-2)13-18(16)21(27)15-26-20-14-25-19-9-7-6-8-17(19)20/h6-9,12-14,21,25-26H,4-5,10-11,15H2,1-3H3. The highest BCUT2D eigenvalue weighted by molar-refractivity contribution is 5.92. The molecule has 1 atom stereocenters. The Morgan fingerprint density at radius 1 is 1.23 bits per heavy atom. The summed E-state index contributed by atoms with van der Waals surface area (Å²) in [6.07, 6.45) is 3.29. The first kappa shape index (κ1) is 20.1. The number of ether oxygens (including phenoxy) is 2. The number of aromatic amines is 1. The lowest BCUT2D eigenvalue weighted by Gasteiger charge is -2.38. The summed E-state index contributed by atoms with van der Waals surface area (Å²) in [5.41, 5.74) is 4.47. The molecule has 0 bridgehead atoms. The summed E-state index contributed by atoms with van der Waals surface area (Å²) >= 11 is 0. The lowest BCUT2D eigenvalue weighted by molar-refractivity contribution is -0.133. The quantitative estimate of drug-likeness (QED) is 0.604. The van der Waals surface area contributed by atoms with E-state index in [0.29, 0.717) is 26.1 Å². The number of aromatic nitrogens is 1. The zero-order chi connectivity index (χ0) is 21.1. The van der Waals surface area contributed by atoms with Crippen molar-refractivity contribution in [2.45, 2.75) is 32.7 Å². The SMILES string of the molecule is CCOc1cc2c(cc1OC)CCN(C(=O)CC)C2CNc1c[nH]c2ccccc12. The maximum absolute atomic E-state index is 12.7. The van der Waals surface area contributed by atoms with E-state index in [4.69, 9.17) is 9.47 Å². The molecule has 2 aromatic carbocycles. The number of rotatable bonds is 7. The molecular formula is C24H29N3O3. The van der Waals surface area contributed by atoms with Gasteiger partial charge < -0.3 is 24.7 Å². The molecule has 0 spiro atoms. The fraction of sp³-hybridized carbons (Fsp3) is 0.375. The van der Waals surface area contributed by atoms with Gasteiger partial charge in [-0.15, -0.1) is 0 Å². The van der Waals surface area contributed by atoms with E-state index in [-0.39, 0.29) is 11.9 Å². The summed E-state index contributed by atoms with van der Waals surface area (Å²) in [5, 5.41) is 4.72. The van der Waals surface area contributed by atoms with Gasteiger partial charge in [-0.05, 0) is 42.7 Å². The van der Waals surface area contributed by atoms with Crippen molar-refractivity contribution in [2.75, 3.05) is 32.1 Å². The Morgan fingerprint density at radius 2 is 2.07 bits per heavy atom. The van der Waals surface area contributed by atoms with Crippen LogP contribution in [0, 0.1) is 0 Å². The molecule has 1 aliphatic rings. The monoisotopic (exact) mass is 407 g/mol. The third-order valence-corrected chi connectivity index (χ3v) is 5.78. The zero-order valence-corrected chi connectivity index (χ0v) is 17.8. The van der Waals surface area contributed by atoms with Crippen molar-refractivity contribution in [3.8, 4) is 11.5 Å². The number of carbonyl (C=O) groups is 1. The minimum atomic E-state index is -0.0695. The smallest absolute Gasteiger partial charge is 0.222 e. The van der Waals surface area contributed by atoms with Gasteiger partial charge in [-0.25, -0.2) is 0 Å². The van der Waals surface area contributed by atoms with Crippen LogP contribution in [0.4, 0.5) is 5.69 Å². The first-order valence-corrected chi connectivity index (χ1v) is 10.6. The van der Waals surface area contributed by atoms with E-state index in [2.05, 4.69) is 28.5 Å². The van der Waals surface area contributed by atoms with E-state index in [1.165, 1.54) is 5.56 Å². The number of anilines is 1. The number of nitrogens with zero attached hydrogens (tertiary/aromatic N) is 1. The molecule has 1 aliphatic heterocycles. The van der Waals surface area contributed by atoms with Gasteiger partial charge in [-0.2, -0.15) is 0 Å². The molecule has 0 saturated heterocycles. The lowest BCUT2D eigenvalue weighted by atomic mass is 9.91. The molecule has 1 amide bonds. The molecule has 4 rings (SSSR count). The van der Waals surface area contributed by atoms with Crippen LogP contribution in [-0.4, -0.2) is 42.6 Å². The van der Waals surface area contributed by atoms with Gasteiger partial charge in [0.15, 0.2) is 11.5 Å². The number of nitrogens with one attached hydrogen (secondary N) is 2. The molecule has 1 unspecified atom stereocenters. The number of hydrogen-bond donors (Lipinski definition) is 2. The molecule has 6 nitrogen and oxygen atoms in total. The van der Waals surface area contributed by atoms with Crippen molar-refractivity contribution >= 4 is 22.5 Å². The van der Waals surface area contributed by atoms with Crippen molar-refractivity contribution in [1.82, 2.24) is 9.88 Å². The summed E-state index contributed by atoms with van der Waals surface area (Å²) in [7, 11) is 1.66. The second-order valence-corrected chi connectivity index (χ2v) is 7.47. The highest BCUT2D eigenvalue weighted by atomic mass is 16.5. The summed E-state index contributed by atoms with van der Waals surface area (Å²) in [5.74, 6) is 1.64. The second-order valence-electron chi connectivity index (χ2n) is 7.47. The molecule has 0 radical (unpaired) electrons. The zero-order valence-electron chi connectivity index (χ0n) is 17.8. The van der Waals surface area contributed by atoms with E-state index in [9.17, 15) is 4.79 Å². The van der Waals surface area contributed by atoms with Gasteiger partial charge in [-0.3, -0.25) is 4.79 Å². The molecule has 30 heavy (non-hydrogen) atoms. The van der Waals surface area contributed by atoms with Gasteiger partial charge in [-0.1, -0.05) is 25.1 Å². The number of fused-ring (bicyclic) bond motifs is 2. The van der Waals surface area contributed by atoms with Crippen molar-refractivity contribution in [2.24, 2.45) is 0 Å². The molecule has 158 valence electrons. The van der Waals surface area contributed by atoms with Crippen LogP contribution in [0.15, 0.2) is 42.6 Å². The minimum absolute atomic E-state index is 0.0695. The molecule has 2 heterocycles. The van der Waals surface area contributed by atoms with Crippen molar-refractivity contribution in [3.63, 3.8) is 0 Å². The van der Waals surface area contributed by atoms with Crippen molar-refractivity contribution in [1.29, 1.82) is 0 Å². The largest absolute Gasteiger partial charge is 0.493 e. The van der Waals surface area contributed by atoms with E-state index >= 15 is 0 Å². The first-order valence-electron chi connectivity index (χ1n) is 10.6. The average molecular weight is 408 g/mol. The third-order valence-electron chi connectivity index (χ3n) is 5.78. The Hall–Kier alpha value is -3.15. The van der Waals surface area contributed by atoms with Crippen LogP contribution in [0.3, 0.4) is 0 Å². The predicted molar refractivity (Wildman–Crippen MR) is 119 cm³/mol. The molecule has 2 N–H and O–H groups in total. The van der Waals surface area contributed by atoms with Gasteiger partial charge in [0.1, 0.15) is 0 Å². The highest BCUT2D eigenvalue weighted by Crippen LogP contribution is 2.39. The van der Waals surface area contributed by atoms with E-state index in [0.717, 1.165) is 40.1 Å². The minimum Gasteiger partial charge on any atom is -0.493 e. The molecule has 3 aromatic rings. The van der Waals surface area contributed by atoms with Gasteiger partial charge in [0.2, 0.25) is 5.91 Å². The molecule has 0 aliphatic carbocycles. The molecular weight excluding hydrogens is 378 g/mol. The van der Waals surface area contributed by atoms with Crippen molar-refractivity contribution < 1.29 is 14.3 Å². The second kappa shape index (κ2) is 8.69. The van der Waals surface area contributed by atoms with E-state index in [1.807, 2.05) is 43.1 Å². The number of benzene rings is 2. The van der Waals surface area contributed by atoms with Crippen LogP contribution in [0.2, 0.25) is 0 Å². The van der Waals surface area contributed by atoms with Crippen LogP contribution >= 0.6 is 0 Å². The fourth-order valence-corrected chi connectivity index (χ4v) is 4.28. The molecule has 0 saturated carbocycles. The maximum Gasteiger partial charge on any atom is 0.222 e. The first-order chi connectivity index (χ1) is 14.7. The summed E-state index contributed by atoms with van der Waals surface area (Å²) in [4.78, 5) is 18.0. The number of amides is 1. The van der Waals surface area contributed by atoms with Crippen LogP contribution in [-0.2, 0) is 11.2 Å². The third kappa shape index (κ3) is 3.70. The molecule has 0 fully saturated rings. The molecule has 6 heteroatoms. The number of carbonyl (C=O) groups excluding carboxylic acids is 1. The Balaban J connectivity index is 1.69. The van der Waals surface area contributed by atoms with Crippen LogP contribution in [0.5, 0.6) is 11.5 Å². The van der Waals surface area contributed by atoms with Gasteiger partial charge >= 0.3 is 0 Å². The Kier molecular flexibility index (Phi) is 5.84. The van der Waals surface area contributed by atoms with Crippen LogP contribution < -0.4 is 14.8 Å². The highest BCUT2D eigenvalue weighted by Gasteiger charge is 2.31. The van der Waals surface area contributed by atoms with E-state index < -0.39 is 0 Å². The Labute approximate surface area is 177 Å². The Bertz CT molecular complexity index is 1040. The number of hydrogen-bond acceptors (Lipinski definition) is 4. The maximum atomic E-state index is 12.7. The number of H-pyrrole nitrogens is 1. The Morgan fingerprint density at radius 3 is 2.83 bits per heavy atom. The molecule has 1 aromatic heterocycles. The summed E-state index contributed by atoms with van der Waals surface area (Å²) in [6.45, 7) is 5.77. The number of para-hydroxylation sites is 1. The predicted octanol–water partition coefficient (Wildman–Crippen LogP) is 4.52. The van der Waals surface area contributed by atoms with Gasteiger partial charge in [0.05, 0.1) is 25.4 Å².